The third kappa shape index (κ3) is 3.32. The van der Waals surface area contributed by atoms with E-state index in [4.69, 9.17) is 4.98 Å². The summed E-state index contributed by atoms with van der Waals surface area (Å²) in [7, 11) is 0. The van der Waals surface area contributed by atoms with Gasteiger partial charge in [-0.2, -0.15) is 0 Å². The Bertz CT molecular complexity index is 873. The van der Waals surface area contributed by atoms with Crippen LogP contribution in [0.15, 0.2) is 42.6 Å². The molecule has 2 heterocycles. The lowest BCUT2D eigenvalue weighted by Gasteiger charge is -2.10. The molecule has 1 N–H and O–H groups in total. The number of amides is 1. The molecule has 0 fully saturated rings. The second kappa shape index (κ2) is 6.48. The first-order valence-corrected chi connectivity index (χ1v) is 8.29. The van der Waals surface area contributed by atoms with Crippen molar-refractivity contribution >= 4 is 17.4 Å². The summed E-state index contributed by atoms with van der Waals surface area (Å²) in [6.07, 6.45) is 2.42. The van der Waals surface area contributed by atoms with E-state index in [2.05, 4.69) is 37.4 Å². The summed E-state index contributed by atoms with van der Waals surface area (Å²) in [5.41, 5.74) is 5.02. The predicted molar refractivity (Wildman–Crippen MR) is 98.2 cm³/mol. The van der Waals surface area contributed by atoms with Crippen LogP contribution in [0.25, 0.3) is 16.9 Å². The quantitative estimate of drug-likeness (QED) is 0.763. The smallest absolute Gasteiger partial charge is 0.225 e. The molecular formula is C20H23N3O. The molecule has 1 amide bonds. The van der Waals surface area contributed by atoms with E-state index >= 15 is 0 Å². The van der Waals surface area contributed by atoms with Crippen molar-refractivity contribution < 1.29 is 4.79 Å². The molecule has 0 spiro atoms. The molecule has 0 saturated heterocycles. The van der Waals surface area contributed by atoms with Crippen LogP contribution in [0.4, 0.5) is 5.82 Å². The van der Waals surface area contributed by atoms with Crippen molar-refractivity contribution in [2.24, 2.45) is 5.92 Å². The molecule has 3 rings (SSSR count). The zero-order valence-corrected chi connectivity index (χ0v) is 14.6. The van der Waals surface area contributed by atoms with Gasteiger partial charge in [-0.1, -0.05) is 37.1 Å². The fourth-order valence-corrected chi connectivity index (χ4v) is 2.98. The molecule has 0 aliphatic rings. The Morgan fingerprint density at radius 1 is 1.17 bits per heavy atom. The Hall–Kier alpha value is -2.62. The van der Waals surface area contributed by atoms with Crippen molar-refractivity contribution in [3.8, 4) is 11.3 Å². The fraction of sp³-hybridized carbons (Fsp3) is 0.300. The number of anilines is 1. The topological polar surface area (TPSA) is 46.4 Å². The molecule has 2 aromatic heterocycles. The van der Waals surface area contributed by atoms with Crippen LogP contribution in [-0.4, -0.2) is 15.3 Å². The largest absolute Gasteiger partial charge is 0.310 e. The third-order valence-corrected chi connectivity index (χ3v) is 3.88. The summed E-state index contributed by atoms with van der Waals surface area (Å²) in [4.78, 5) is 17.1. The fourth-order valence-electron chi connectivity index (χ4n) is 2.98. The monoisotopic (exact) mass is 321 g/mol. The van der Waals surface area contributed by atoms with Crippen LogP contribution in [0, 0.1) is 19.8 Å². The Balaban J connectivity index is 2.13. The number of carbonyl (C=O) groups excluding carboxylic acids is 1. The molecule has 24 heavy (non-hydrogen) atoms. The number of rotatable bonds is 4. The Morgan fingerprint density at radius 2 is 1.88 bits per heavy atom. The summed E-state index contributed by atoms with van der Waals surface area (Å²) in [5, 5.41) is 3.06. The van der Waals surface area contributed by atoms with Crippen LogP contribution >= 0.6 is 0 Å². The number of aromatic nitrogens is 2. The minimum absolute atomic E-state index is 0.0151. The Kier molecular flexibility index (Phi) is 4.38. The molecule has 0 aliphatic carbocycles. The highest BCUT2D eigenvalue weighted by Crippen LogP contribution is 2.30. The number of carbonyl (C=O) groups is 1. The van der Waals surface area contributed by atoms with Gasteiger partial charge in [-0.25, -0.2) is 4.98 Å². The average Bonchev–Trinajstić information content (AvgIpc) is 2.84. The first-order valence-electron chi connectivity index (χ1n) is 8.29. The standard InChI is InChI=1S/C20H23N3O/c1-13(2)9-18(24)22-20-19(16-11-14(3)10-15(4)12-16)21-17-7-5-6-8-23(17)20/h5-8,10-13H,9H2,1-4H3,(H,22,24). The lowest BCUT2D eigenvalue weighted by atomic mass is 10.0. The van der Waals surface area contributed by atoms with Crippen LogP contribution in [0.3, 0.4) is 0 Å². The van der Waals surface area contributed by atoms with E-state index in [1.807, 2.05) is 42.6 Å². The van der Waals surface area contributed by atoms with Crippen LogP contribution in [0.2, 0.25) is 0 Å². The number of hydrogen-bond donors (Lipinski definition) is 1. The number of nitrogens with one attached hydrogen (secondary N) is 1. The van der Waals surface area contributed by atoms with E-state index in [0.717, 1.165) is 22.7 Å². The van der Waals surface area contributed by atoms with Gasteiger partial charge < -0.3 is 5.32 Å². The average molecular weight is 321 g/mol. The SMILES string of the molecule is Cc1cc(C)cc(-c2nc3ccccn3c2NC(=O)CC(C)C)c1. The summed E-state index contributed by atoms with van der Waals surface area (Å²) in [6, 6.07) is 12.2. The zero-order chi connectivity index (χ0) is 17.3. The van der Waals surface area contributed by atoms with Crippen molar-refractivity contribution in [1.82, 2.24) is 9.38 Å². The zero-order valence-electron chi connectivity index (χ0n) is 14.6. The highest BCUT2D eigenvalue weighted by atomic mass is 16.1. The van der Waals surface area contributed by atoms with Crippen molar-refractivity contribution in [3.05, 3.63) is 53.7 Å². The number of imidazole rings is 1. The summed E-state index contributed by atoms with van der Waals surface area (Å²) in [6.45, 7) is 8.23. The van der Waals surface area contributed by atoms with Crippen molar-refractivity contribution in [2.75, 3.05) is 5.32 Å². The summed E-state index contributed by atoms with van der Waals surface area (Å²) >= 11 is 0. The number of nitrogens with zero attached hydrogens (tertiary/aromatic N) is 2. The molecule has 0 bridgehead atoms. The molecule has 0 aliphatic heterocycles. The molecule has 0 atom stereocenters. The third-order valence-electron chi connectivity index (χ3n) is 3.88. The van der Waals surface area contributed by atoms with Crippen molar-refractivity contribution in [2.45, 2.75) is 34.1 Å². The second-order valence-electron chi connectivity index (χ2n) is 6.76. The Labute approximate surface area is 142 Å². The van der Waals surface area contributed by atoms with Gasteiger partial charge in [0.05, 0.1) is 0 Å². The van der Waals surface area contributed by atoms with Gasteiger partial charge in [0.2, 0.25) is 5.91 Å². The van der Waals surface area contributed by atoms with E-state index < -0.39 is 0 Å². The van der Waals surface area contributed by atoms with Crippen LogP contribution < -0.4 is 5.32 Å². The first-order chi connectivity index (χ1) is 11.4. The number of pyridine rings is 1. The van der Waals surface area contributed by atoms with Gasteiger partial charge in [0.15, 0.2) is 0 Å². The van der Waals surface area contributed by atoms with E-state index in [9.17, 15) is 4.79 Å². The molecular weight excluding hydrogens is 298 g/mol. The molecule has 0 unspecified atom stereocenters. The summed E-state index contributed by atoms with van der Waals surface area (Å²) < 4.78 is 1.94. The minimum Gasteiger partial charge on any atom is -0.310 e. The maximum absolute atomic E-state index is 12.3. The molecule has 3 aromatic rings. The number of benzene rings is 1. The maximum atomic E-state index is 12.3. The highest BCUT2D eigenvalue weighted by molar-refractivity contribution is 5.94. The van der Waals surface area contributed by atoms with Gasteiger partial charge in [0.25, 0.3) is 0 Å². The van der Waals surface area contributed by atoms with E-state index in [1.54, 1.807) is 0 Å². The van der Waals surface area contributed by atoms with Crippen molar-refractivity contribution in [3.63, 3.8) is 0 Å². The second-order valence-corrected chi connectivity index (χ2v) is 6.76. The van der Waals surface area contributed by atoms with Gasteiger partial charge in [0, 0.05) is 18.2 Å². The van der Waals surface area contributed by atoms with E-state index in [-0.39, 0.29) is 5.91 Å². The predicted octanol–water partition coefficient (Wildman–Crippen LogP) is 4.60. The Morgan fingerprint density at radius 3 is 2.54 bits per heavy atom. The molecule has 4 nitrogen and oxygen atoms in total. The first kappa shape index (κ1) is 16.2. The summed E-state index contributed by atoms with van der Waals surface area (Å²) in [5.74, 6) is 1.07. The van der Waals surface area contributed by atoms with Gasteiger partial charge in [0.1, 0.15) is 17.2 Å². The molecule has 4 heteroatoms. The number of fused-ring (bicyclic) bond motifs is 1. The molecule has 0 radical (unpaired) electrons. The van der Waals surface area contributed by atoms with Crippen LogP contribution in [-0.2, 0) is 4.79 Å². The lowest BCUT2D eigenvalue weighted by Crippen LogP contribution is -2.15. The van der Waals surface area contributed by atoms with E-state index in [1.165, 1.54) is 11.1 Å². The number of aryl methyl sites for hydroxylation is 2. The van der Waals surface area contributed by atoms with Crippen LogP contribution in [0.5, 0.6) is 0 Å². The highest BCUT2D eigenvalue weighted by Gasteiger charge is 2.17. The molecule has 124 valence electrons. The lowest BCUT2D eigenvalue weighted by molar-refractivity contribution is -0.116. The van der Waals surface area contributed by atoms with Gasteiger partial charge in [-0.3, -0.25) is 9.20 Å². The van der Waals surface area contributed by atoms with Crippen molar-refractivity contribution in [1.29, 1.82) is 0 Å². The molecule has 0 saturated carbocycles. The van der Waals surface area contributed by atoms with Gasteiger partial charge >= 0.3 is 0 Å². The van der Waals surface area contributed by atoms with Gasteiger partial charge in [-0.15, -0.1) is 0 Å². The van der Waals surface area contributed by atoms with Gasteiger partial charge in [-0.05, 0) is 44.0 Å². The van der Waals surface area contributed by atoms with Crippen LogP contribution in [0.1, 0.15) is 31.4 Å². The minimum atomic E-state index is 0.0151. The maximum Gasteiger partial charge on any atom is 0.225 e. The number of hydrogen-bond acceptors (Lipinski definition) is 2. The molecule has 1 aromatic carbocycles. The normalized spacial score (nSPS) is 11.2. The van der Waals surface area contributed by atoms with E-state index in [0.29, 0.717) is 12.3 Å².